The number of allylic oxidation sites excluding steroid dienone is 1. The monoisotopic (exact) mass is 418 g/mol. The van der Waals surface area contributed by atoms with Crippen LogP contribution in [0.4, 0.5) is 0 Å². The minimum Gasteiger partial charge on any atom is -0.342 e. The molecule has 0 aliphatic heterocycles. The zero-order chi connectivity index (χ0) is 20.1. The van der Waals surface area contributed by atoms with Crippen molar-refractivity contribution in [2.24, 2.45) is 5.92 Å². The minimum atomic E-state index is 0.144. The smallest absolute Gasteiger partial charge is 0.233 e. The third kappa shape index (κ3) is 4.97. The van der Waals surface area contributed by atoms with Gasteiger partial charge in [-0.25, -0.2) is 0 Å². The predicted octanol–water partition coefficient (Wildman–Crippen LogP) is 4.91. The van der Waals surface area contributed by atoms with Crippen LogP contribution in [0.2, 0.25) is 5.02 Å². The molecule has 28 heavy (non-hydrogen) atoms. The van der Waals surface area contributed by atoms with Crippen LogP contribution in [0.1, 0.15) is 32.6 Å². The standard InChI is InChI=1S/C21H27ClN4OS/c1-4-13-26-20(16-7-9-17(22)10-8-16)23-24-21(26)28-14-19(27)25(3)18-11-5-15(2)6-12-18/h4,7-10,15,18H,1,5-6,11-14H2,2-3H3. The number of hydrogen-bond acceptors (Lipinski definition) is 4. The van der Waals surface area contributed by atoms with E-state index in [4.69, 9.17) is 11.6 Å². The Balaban J connectivity index is 1.67. The number of amides is 1. The second-order valence-corrected chi connectivity index (χ2v) is 8.80. The van der Waals surface area contributed by atoms with Crippen LogP contribution in [0.3, 0.4) is 0 Å². The molecule has 0 atom stereocenters. The highest BCUT2D eigenvalue weighted by Crippen LogP contribution is 2.28. The molecule has 1 heterocycles. The number of carbonyl (C=O) groups is 1. The Morgan fingerprint density at radius 2 is 1.96 bits per heavy atom. The highest BCUT2D eigenvalue weighted by Gasteiger charge is 2.25. The van der Waals surface area contributed by atoms with Crippen LogP contribution in [0.15, 0.2) is 42.1 Å². The van der Waals surface area contributed by atoms with Gasteiger partial charge in [0.2, 0.25) is 5.91 Å². The third-order valence-electron chi connectivity index (χ3n) is 5.38. The molecular weight excluding hydrogens is 392 g/mol. The zero-order valence-electron chi connectivity index (χ0n) is 16.5. The summed E-state index contributed by atoms with van der Waals surface area (Å²) in [5, 5.41) is 10.0. The van der Waals surface area contributed by atoms with Gasteiger partial charge in [0.1, 0.15) is 0 Å². The van der Waals surface area contributed by atoms with Gasteiger partial charge < -0.3 is 4.90 Å². The van der Waals surface area contributed by atoms with E-state index in [1.165, 1.54) is 24.6 Å². The number of carbonyl (C=O) groups excluding carboxylic acids is 1. The summed E-state index contributed by atoms with van der Waals surface area (Å²) in [6.45, 7) is 6.71. The van der Waals surface area contributed by atoms with Gasteiger partial charge in [0.25, 0.3) is 0 Å². The third-order valence-corrected chi connectivity index (χ3v) is 6.59. The lowest BCUT2D eigenvalue weighted by Crippen LogP contribution is -2.40. The van der Waals surface area contributed by atoms with Crippen molar-refractivity contribution in [1.29, 1.82) is 0 Å². The quantitative estimate of drug-likeness (QED) is 0.473. The van der Waals surface area contributed by atoms with Crippen molar-refractivity contribution < 1.29 is 4.79 Å². The van der Waals surface area contributed by atoms with Crippen LogP contribution in [0.5, 0.6) is 0 Å². The average Bonchev–Trinajstić information content (AvgIpc) is 3.09. The van der Waals surface area contributed by atoms with Crippen molar-refractivity contribution in [2.75, 3.05) is 12.8 Å². The van der Waals surface area contributed by atoms with E-state index in [0.717, 1.165) is 35.3 Å². The van der Waals surface area contributed by atoms with E-state index >= 15 is 0 Å². The average molecular weight is 419 g/mol. The Morgan fingerprint density at radius 3 is 2.61 bits per heavy atom. The molecule has 0 saturated heterocycles. The summed E-state index contributed by atoms with van der Waals surface area (Å²) in [6, 6.07) is 7.87. The number of aromatic nitrogens is 3. The Labute approximate surface area is 176 Å². The molecule has 1 amide bonds. The van der Waals surface area contributed by atoms with Gasteiger partial charge in [-0.2, -0.15) is 0 Å². The maximum absolute atomic E-state index is 12.7. The van der Waals surface area contributed by atoms with E-state index in [0.29, 0.717) is 23.4 Å². The topological polar surface area (TPSA) is 51.0 Å². The molecule has 1 aliphatic carbocycles. The van der Waals surface area contributed by atoms with Gasteiger partial charge in [0.05, 0.1) is 5.75 Å². The van der Waals surface area contributed by atoms with E-state index in [9.17, 15) is 4.79 Å². The van der Waals surface area contributed by atoms with Crippen LogP contribution < -0.4 is 0 Å². The molecule has 3 rings (SSSR count). The maximum atomic E-state index is 12.7. The Hall–Kier alpha value is -1.79. The first-order chi connectivity index (χ1) is 13.5. The van der Waals surface area contributed by atoms with Gasteiger partial charge in [-0.3, -0.25) is 9.36 Å². The lowest BCUT2D eigenvalue weighted by Gasteiger charge is -2.33. The second-order valence-electron chi connectivity index (χ2n) is 7.42. The minimum absolute atomic E-state index is 0.144. The van der Waals surface area contributed by atoms with Crippen LogP contribution in [-0.4, -0.2) is 44.4 Å². The van der Waals surface area contributed by atoms with Crippen molar-refractivity contribution >= 4 is 29.3 Å². The fourth-order valence-corrected chi connectivity index (χ4v) is 4.56. The molecule has 2 aromatic rings. The van der Waals surface area contributed by atoms with E-state index in [1.807, 2.05) is 46.9 Å². The number of thioether (sulfide) groups is 1. The molecule has 0 unspecified atom stereocenters. The lowest BCUT2D eigenvalue weighted by molar-refractivity contribution is -0.129. The van der Waals surface area contributed by atoms with Gasteiger partial charge in [0.15, 0.2) is 11.0 Å². The van der Waals surface area contributed by atoms with Crippen molar-refractivity contribution in [1.82, 2.24) is 19.7 Å². The summed E-state index contributed by atoms with van der Waals surface area (Å²) < 4.78 is 1.98. The number of rotatable bonds is 7. The Kier molecular flexibility index (Phi) is 7.18. The summed E-state index contributed by atoms with van der Waals surface area (Å²) >= 11 is 7.42. The molecule has 1 saturated carbocycles. The molecule has 150 valence electrons. The molecule has 7 heteroatoms. The van der Waals surface area contributed by atoms with Crippen molar-refractivity contribution in [2.45, 2.75) is 50.4 Å². The van der Waals surface area contributed by atoms with Crippen molar-refractivity contribution in [3.63, 3.8) is 0 Å². The summed E-state index contributed by atoms with van der Waals surface area (Å²) in [5.74, 6) is 2.03. The van der Waals surface area contributed by atoms with Gasteiger partial charge >= 0.3 is 0 Å². The van der Waals surface area contributed by atoms with Crippen LogP contribution in [0, 0.1) is 5.92 Å². The molecule has 5 nitrogen and oxygen atoms in total. The molecule has 0 radical (unpaired) electrons. The first-order valence-corrected chi connectivity index (χ1v) is 11.0. The Morgan fingerprint density at radius 1 is 1.29 bits per heavy atom. The number of benzene rings is 1. The molecule has 1 aromatic heterocycles. The second kappa shape index (κ2) is 9.61. The first kappa shape index (κ1) is 20.9. The fourth-order valence-electron chi connectivity index (χ4n) is 3.56. The number of hydrogen-bond donors (Lipinski definition) is 0. The van der Waals surface area contributed by atoms with E-state index in [-0.39, 0.29) is 5.91 Å². The summed E-state index contributed by atoms with van der Waals surface area (Å²) in [7, 11) is 1.93. The molecule has 0 spiro atoms. The van der Waals surface area contributed by atoms with Gasteiger partial charge in [0, 0.05) is 30.2 Å². The maximum Gasteiger partial charge on any atom is 0.233 e. The largest absolute Gasteiger partial charge is 0.342 e. The lowest BCUT2D eigenvalue weighted by atomic mass is 9.87. The molecule has 0 N–H and O–H groups in total. The van der Waals surface area contributed by atoms with Crippen LogP contribution in [-0.2, 0) is 11.3 Å². The SMILES string of the molecule is C=CCn1c(SCC(=O)N(C)C2CCC(C)CC2)nnc1-c1ccc(Cl)cc1. The fraction of sp³-hybridized carbons (Fsp3) is 0.476. The number of halogens is 1. The van der Waals surface area contributed by atoms with Gasteiger partial charge in [-0.05, 0) is 55.9 Å². The Bertz CT molecular complexity index is 812. The number of nitrogens with zero attached hydrogens (tertiary/aromatic N) is 4. The molecule has 1 aliphatic rings. The zero-order valence-corrected chi connectivity index (χ0v) is 18.0. The van der Waals surface area contributed by atoms with E-state index in [1.54, 1.807) is 0 Å². The normalized spacial score (nSPS) is 19.4. The first-order valence-electron chi connectivity index (χ1n) is 9.68. The molecule has 1 aromatic carbocycles. The highest BCUT2D eigenvalue weighted by molar-refractivity contribution is 7.99. The highest BCUT2D eigenvalue weighted by atomic mass is 35.5. The van der Waals surface area contributed by atoms with E-state index in [2.05, 4.69) is 23.7 Å². The van der Waals surface area contributed by atoms with Crippen LogP contribution in [0.25, 0.3) is 11.4 Å². The van der Waals surface area contributed by atoms with Crippen LogP contribution >= 0.6 is 23.4 Å². The molecular formula is C21H27ClN4OS. The van der Waals surface area contributed by atoms with Crippen molar-refractivity contribution in [3.05, 3.63) is 41.9 Å². The van der Waals surface area contributed by atoms with Crippen molar-refractivity contribution in [3.8, 4) is 11.4 Å². The molecule has 1 fully saturated rings. The van der Waals surface area contributed by atoms with E-state index < -0.39 is 0 Å². The summed E-state index contributed by atoms with van der Waals surface area (Å²) in [4.78, 5) is 14.6. The summed E-state index contributed by atoms with van der Waals surface area (Å²) in [6.07, 6.45) is 6.41. The molecule has 0 bridgehead atoms. The van der Waals surface area contributed by atoms with Gasteiger partial charge in [-0.1, -0.05) is 36.4 Å². The van der Waals surface area contributed by atoms with Gasteiger partial charge in [-0.15, -0.1) is 16.8 Å². The predicted molar refractivity (Wildman–Crippen MR) is 116 cm³/mol. The summed E-state index contributed by atoms with van der Waals surface area (Å²) in [5.41, 5.74) is 0.936.